The standard InChI is InChI=1S/C27H35F3N4O4S2/c1-18(2)24-25(35)31-12-13-32(24)16-21-17-33(40(37,38)23-7-5-4-6-22(23)39)14-15-34(21)20-10-8-19(9-11-20)26(3,36)27(28,29)30/h4-5,7-11,18,21,24,36H,6,12-17H2,1-3H3,(H,31,35)/t21-,24+,26+/m0/s1. The zero-order valence-electron chi connectivity index (χ0n) is 22.7. The first-order chi connectivity index (χ1) is 18.6. The van der Waals surface area contributed by atoms with Crippen molar-refractivity contribution in [2.75, 3.05) is 44.2 Å². The Morgan fingerprint density at radius 2 is 1.82 bits per heavy atom. The second-order valence-electron chi connectivity index (χ2n) is 10.9. The quantitative estimate of drug-likeness (QED) is 0.465. The van der Waals surface area contributed by atoms with Gasteiger partial charge >= 0.3 is 6.18 Å². The average Bonchev–Trinajstić information content (AvgIpc) is 2.88. The number of allylic oxidation sites excluding steroid dienone is 4. The van der Waals surface area contributed by atoms with Crippen LogP contribution in [-0.2, 0) is 20.4 Å². The Balaban J connectivity index is 1.66. The van der Waals surface area contributed by atoms with E-state index >= 15 is 0 Å². The number of thiocarbonyl (C=S) groups is 1. The third-order valence-corrected chi connectivity index (χ3v) is 10.2. The summed E-state index contributed by atoms with van der Waals surface area (Å²) in [6.07, 6.45) is 0.512. The van der Waals surface area contributed by atoms with Crippen molar-refractivity contribution in [1.29, 1.82) is 0 Å². The monoisotopic (exact) mass is 600 g/mol. The van der Waals surface area contributed by atoms with E-state index in [-0.39, 0.29) is 41.9 Å². The number of sulfonamides is 1. The van der Waals surface area contributed by atoms with Crippen LogP contribution in [0, 0.1) is 5.92 Å². The molecule has 2 heterocycles. The Morgan fingerprint density at radius 3 is 2.42 bits per heavy atom. The minimum absolute atomic E-state index is 0.0117. The minimum Gasteiger partial charge on any atom is -0.376 e. The number of hydrogen-bond donors (Lipinski definition) is 2. The van der Waals surface area contributed by atoms with Gasteiger partial charge in [0.05, 0.1) is 17.0 Å². The van der Waals surface area contributed by atoms with Crippen LogP contribution in [0.2, 0.25) is 0 Å². The van der Waals surface area contributed by atoms with Gasteiger partial charge in [0.2, 0.25) is 15.9 Å². The summed E-state index contributed by atoms with van der Waals surface area (Å²) >= 11 is 5.34. The molecule has 220 valence electrons. The van der Waals surface area contributed by atoms with Gasteiger partial charge in [0.25, 0.3) is 0 Å². The average molecular weight is 601 g/mol. The Labute approximate surface area is 238 Å². The summed E-state index contributed by atoms with van der Waals surface area (Å²) in [5.41, 5.74) is -2.70. The Kier molecular flexibility index (Phi) is 8.82. The molecule has 2 aliphatic heterocycles. The number of carbonyl (C=O) groups excluding carboxylic acids is 1. The second kappa shape index (κ2) is 11.5. The number of amides is 1. The summed E-state index contributed by atoms with van der Waals surface area (Å²) in [6, 6.07) is 4.71. The molecule has 0 spiro atoms. The van der Waals surface area contributed by atoms with Crippen LogP contribution < -0.4 is 10.2 Å². The Bertz CT molecular complexity index is 1290. The molecule has 4 rings (SSSR count). The maximum Gasteiger partial charge on any atom is 0.421 e. The molecule has 2 saturated heterocycles. The fourth-order valence-electron chi connectivity index (χ4n) is 5.51. The molecule has 0 saturated carbocycles. The summed E-state index contributed by atoms with van der Waals surface area (Å²) in [7, 11) is -3.88. The van der Waals surface area contributed by atoms with Crippen molar-refractivity contribution >= 4 is 38.7 Å². The van der Waals surface area contributed by atoms with Gasteiger partial charge in [-0.3, -0.25) is 9.69 Å². The fraction of sp³-hybridized carbons (Fsp3) is 0.556. The number of carbonyl (C=O) groups is 1. The number of halogens is 3. The van der Waals surface area contributed by atoms with E-state index in [4.69, 9.17) is 12.2 Å². The molecule has 3 atom stereocenters. The van der Waals surface area contributed by atoms with E-state index < -0.39 is 33.9 Å². The van der Waals surface area contributed by atoms with Gasteiger partial charge in [-0.2, -0.15) is 17.5 Å². The van der Waals surface area contributed by atoms with Crippen molar-refractivity contribution in [3.63, 3.8) is 0 Å². The molecular formula is C27H35F3N4O4S2. The van der Waals surface area contributed by atoms with E-state index in [1.807, 2.05) is 23.6 Å². The Morgan fingerprint density at radius 1 is 1.15 bits per heavy atom. The predicted octanol–water partition coefficient (Wildman–Crippen LogP) is 2.95. The topological polar surface area (TPSA) is 93.2 Å². The Hall–Kier alpha value is -2.32. The SMILES string of the molecule is CC(C)[C@@H]1C(=O)NCCN1C[C@H]1CN(S(=O)(=O)C2=CC=CCC2=S)CCN1c1ccc([C@@](C)(O)C(F)(F)F)cc1. The van der Waals surface area contributed by atoms with Gasteiger partial charge in [0, 0.05) is 56.2 Å². The van der Waals surface area contributed by atoms with Gasteiger partial charge in [-0.05, 0) is 36.6 Å². The molecular weight excluding hydrogens is 565 g/mol. The van der Waals surface area contributed by atoms with Crippen LogP contribution in [0.4, 0.5) is 18.9 Å². The summed E-state index contributed by atoms with van der Waals surface area (Å²) < 4.78 is 68.8. The van der Waals surface area contributed by atoms with Crippen molar-refractivity contribution in [2.45, 2.75) is 51.1 Å². The molecule has 2 N–H and O–H groups in total. The van der Waals surface area contributed by atoms with Crippen LogP contribution in [0.1, 0.15) is 32.8 Å². The number of anilines is 1. The van der Waals surface area contributed by atoms with E-state index in [0.717, 1.165) is 0 Å². The van der Waals surface area contributed by atoms with E-state index in [1.165, 1.54) is 34.6 Å². The molecule has 1 aromatic carbocycles. The van der Waals surface area contributed by atoms with Gasteiger partial charge in [-0.25, -0.2) is 8.42 Å². The maximum absolute atomic E-state index is 13.6. The molecule has 13 heteroatoms. The van der Waals surface area contributed by atoms with E-state index in [1.54, 1.807) is 12.2 Å². The number of hydrogen-bond acceptors (Lipinski definition) is 7. The van der Waals surface area contributed by atoms with Gasteiger partial charge < -0.3 is 15.3 Å². The van der Waals surface area contributed by atoms with Crippen molar-refractivity contribution < 1.29 is 31.5 Å². The van der Waals surface area contributed by atoms with Crippen molar-refractivity contribution in [1.82, 2.24) is 14.5 Å². The third kappa shape index (κ3) is 5.98. The largest absolute Gasteiger partial charge is 0.421 e. The van der Waals surface area contributed by atoms with Crippen molar-refractivity contribution in [2.24, 2.45) is 5.92 Å². The van der Waals surface area contributed by atoms with Crippen LogP contribution in [0.5, 0.6) is 0 Å². The summed E-state index contributed by atoms with van der Waals surface area (Å²) in [4.78, 5) is 17.2. The lowest BCUT2D eigenvalue weighted by Gasteiger charge is -2.46. The molecule has 2 fully saturated rings. The number of piperazine rings is 2. The molecule has 40 heavy (non-hydrogen) atoms. The molecule has 1 amide bonds. The fourth-order valence-corrected chi connectivity index (χ4v) is 7.58. The van der Waals surface area contributed by atoms with E-state index in [9.17, 15) is 31.5 Å². The number of aliphatic hydroxyl groups is 1. The molecule has 8 nitrogen and oxygen atoms in total. The van der Waals surface area contributed by atoms with Crippen LogP contribution in [0.3, 0.4) is 0 Å². The first-order valence-corrected chi connectivity index (χ1v) is 15.1. The highest BCUT2D eigenvalue weighted by Gasteiger charge is 2.51. The van der Waals surface area contributed by atoms with Crippen LogP contribution in [-0.4, -0.2) is 91.0 Å². The van der Waals surface area contributed by atoms with E-state index in [2.05, 4.69) is 5.32 Å². The van der Waals surface area contributed by atoms with Crippen molar-refractivity contribution in [3.05, 3.63) is 53.0 Å². The smallest absolute Gasteiger partial charge is 0.376 e. The molecule has 0 aromatic heterocycles. The minimum atomic E-state index is -4.85. The molecule has 0 radical (unpaired) electrons. The molecule has 0 unspecified atom stereocenters. The molecule has 1 aliphatic carbocycles. The predicted molar refractivity (Wildman–Crippen MR) is 151 cm³/mol. The molecule has 3 aliphatic rings. The number of benzene rings is 1. The number of nitrogens with zero attached hydrogens (tertiary/aromatic N) is 3. The highest BCUT2D eigenvalue weighted by atomic mass is 32.2. The van der Waals surface area contributed by atoms with E-state index in [0.29, 0.717) is 43.5 Å². The van der Waals surface area contributed by atoms with Gasteiger partial charge in [0.1, 0.15) is 0 Å². The zero-order chi connectivity index (χ0) is 29.5. The third-order valence-electron chi connectivity index (χ3n) is 7.78. The number of alkyl halides is 3. The van der Waals surface area contributed by atoms with Crippen LogP contribution in [0.25, 0.3) is 0 Å². The second-order valence-corrected chi connectivity index (χ2v) is 13.3. The van der Waals surface area contributed by atoms with Gasteiger partial charge in [0.15, 0.2) is 5.60 Å². The first kappa shape index (κ1) is 30.6. The van der Waals surface area contributed by atoms with Crippen LogP contribution >= 0.6 is 12.2 Å². The highest BCUT2D eigenvalue weighted by Crippen LogP contribution is 2.39. The lowest BCUT2D eigenvalue weighted by Crippen LogP contribution is -2.63. The molecule has 0 bridgehead atoms. The maximum atomic E-state index is 13.6. The number of rotatable bonds is 7. The number of nitrogens with one attached hydrogen (secondary N) is 1. The van der Waals surface area contributed by atoms with Crippen LogP contribution in [0.15, 0.2) is 47.4 Å². The highest BCUT2D eigenvalue weighted by molar-refractivity contribution is 7.96. The lowest BCUT2D eigenvalue weighted by molar-refractivity contribution is -0.258. The summed E-state index contributed by atoms with van der Waals surface area (Å²) in [5, 5.41) is 13.0. The normalized spacial score (nSPS) is 25.1. The lowest BCUT2D eigenvalue weighted by atomic mass is 9.95. The van der Waals surface area contributed by atoms with Gasteiger partial charge in [-0.1, -0.05) is 50.4 Å². The molecule has 1 aromatic rings. The van der Waals surface area contributed by atoms with Crippen molar-refractivity contribution in [3.8, 4) is 0 Å². The zero-order valence-corrected chi connectivity index (χ0v) is 24.3. The summed E-state index contributed by atoms with van der Waals surface area (Å²) in [5.74, 6) is -0.0751. The first-order valence-electron chi connectivity index (χ1n) is 13.2. The van der Waals surface area contributed by atoms with Gasteiger partial charge in [-0.15, -0.1) is 0 Å². The summed E-state index contributed by atoms with van der Waals surface area (Å²) in [6.45, 7) is 6.57.